The first-order chi connectivity index (χ1) is 15.3. The van der Waals surface area contributed by atoms with Crippen LogP contribution in [0.3, 0.4) is 0 Å². The predicted octanol–water partition coefficient (Wildman–Crippen LogP) is 4.25. The molecule has 4 rings (SSSR count). The average Bonchev–Trinajstić information content (AvgIpc) is 2.80. The fraction of sp³-hybridized carbons (Fsp3) is 0.308. The van der Waals surface area contributed by atoms with Gasteiger partial charge in [-0.25, -0.2) is 0 Å². The van der Waals surface area contributed by atoms with Gasteiger partial charge in [0.05, 0.1) is 6.61 Å². The van der Waals surface area contributed by atoms with Crippen molar-refractivity contribution in [3.8, 4) is 5.75 Å². The summed E-state index contributed by atoms with van der Waals surface area (Å²) in [6, 6.07) is 18.2. The summed E-state index contributed by atoms with van der Waals surface area (Å²) in [7, 11) is 0. The first-order valence-electron chi connectivity index (χ1n) is 11.0. The number of hydrogen-bond donors (Lipinski definition) is 2. The minimum atomic E-state index is -0.0935. The highest BCUT2D eigenvalue weighted by Gasteiger charge is 2.12. The SMILES string of the molecule is O=C(NCc1cccnc1)c1ccc2c(c1)Cc1cccc(c1)CNCCCCCO2. The van der Waals surface area contributed by atoms with E-state index in [0.29, 0.717) is 18.7 Å². The molecule has 0 saturated carbocycles. The van der Waals surface area contributed by atoms with Crippen molar-refractivity contribution < 1.29 is 9.53 Å². The molecule has 2 N–H and O–H groups in total. The Hall–Kier alpha value is -3.18. The van der Waals surface area contributed by atoms with E-state index in [-0.39, 0.29) is 5.91 Å². The molecule has 0 aliphatic carbocycles. The Labute approximate surface area is 183 Å². The number of hydrogen-bond acceptors (Lipinski definition) is 4. The number of rotatable bonds is 3. The number of nitrogens with zero attached hydrogens (tertiary/aromatic N) is 1. The Bertz CT molecular complexity index is 1000. The Kier molecular flexibility index (Phi) is 7.29. The zero-order chi connectivity index (χ0) is 21.3. The van der Waals surface area contributed by atoms with Gasteiger partial charge in [0, 0.05) is 37.5 Å². The molecule has 160 valence electrons. The lowest BCUT2D eigenvalue weighted by molar-refractivity contribution is 0.0950. The Morgan fingerprint density at radius 1 is 1.03 bits per heavy atom. The Balaban J connectivity index is 1.54. The van der Waals surface area contributed by atoms with Crippen LogP contribution in [-0.4, -0.2) is 24.0 Å². The normalized spacial score (nSPS) is 14.6. The second-order valence-corrected chi connectivity index (χ2v) is 7.95. The predicted molar refractivity (Wildman–Crippen MR) is 122 cm³/mol. The van der Waals surface area contributed by atoms with E-state index in [2.05, 4.69) is 39.9 Å². The van der Waals surface area contributed by atoms with Crippen molar-refractivity contribution in [3.63, 3.8) is 0 Å². The summed E-state index contributed by atoms with van der Waals surface area (Å²) in [6.07, 6.45) is 7.53. The molecular formula is C26H29N3O2. The molecule has 5 heteroatoms. The summed E-state index contributed by atoms with van der Waals surface area (Å²) in [5.74, 6) is 0.772. The van der Waals surface area contributed by atoms with Crippen molar-refractivity contribution in [1.29, 1.82) is 0 Å². The maximum absolute atomic E-state index is 12.8. The fourth-order valence-electron chi connectivity index (χ4n) is 3.80. The molecule has 0 unspecified atom stereocenters. The van der Waals surface area contributed by atoms with Gasteiger partial charge in [0.15, 0.2) is 0 Å². The van der Waals surface area contributed by atoms with E-state index >= 15 is 0 Å². The van der Waals surface area contributed by atoms with E-state index in [1.807, 2.05) is 30.3 Å². The summed E-state index contributed by atoms with van der Waals surface area (Å²) in [6.45, 7) is 3.06. The number of amides is 1. The minimum absolute atomic E-state index is 0.0935. The number of fused-ring (bicyclic) bond motifs is 3. The van der Waals surface area contributed by atoms with Gasteiger partial charge in [-0.15, -0.1) is 0 Å². The molecule has 1 aliphatic rings. The van der Waals surface area contributed by atoms with Gasteiger partial charge in [-0.3, -0.25) is 9.78 Å². The zero-order valence-corrected chi connectivity index (χ0v) is 17.8. The molecule has 31 heavy (non-hydrogen) atoms. The van der Waals surface area contributed by atoms with Gasteiger partial charge in [0.25, 0.3) is 5.91 Å². The van der Waals surface area contributed by atoms with Crippen molar-refractivity contribution in [2.75, 3.05) is 13.2 Å². The van der Waals surface area contributed by atoms with E-state index in [9.17, 15) is 4.79 Å². The van der Waals surface area contributed by atoms with Crippen molar-refractivity contribution in [1.82, 2.24) is 15.6 Å². The Morgan fingerprint density at radius 2 is 1.97 bits per heavy atom. The van der Waals surface area contributed by atoms with Crippen LogP contribution < -0.4 is 15.4 Å². The lowest BCUT2D eigenvalue weighted by Crippen LogP contribution is -2.23. The van der Waals surface area contributed by atoms with E-state index in [1.54, 1.807) is 12.4 Å². The number of carbonyl (C=O) groups is 1. The second-order valence-electron chi connectivity index (χ2n) is 7.95. The van der Waals surface area contributed by atoms with E-state index in [1.165, 1.54) is 11.1 Å². The van der Waals surface area contributed by atoms with Crippen LogP contribution in [-0.2, 0) is 19.5 Å². The molecule has 0 radical (unpaired) electrons. The number of carbonyl (C=O) groups excluding carboxylic acids is 1. The van der Waals surface area contributed by atoms with Gasteiger partial charge >= 0.3 is 0 Å². The van der Waals surface area contributed by atoms with E-state index in [4.69, 9.17) is 4.74 Å². The number of nitrogens with one attached hydrogen (secondary N) is 2. The number of benzene rings is 2. The average molecular weight is 416 g/mol. The van der Waals surface area contributed by atoms with Crippen LogP contribution in [0.4, 0.5) is 0 Å². The third-order valence-corrected chi connectivity index (χ3v) is 5.47. The molecule has 0 fully saturated rings. The van der Waals surface area contributed by atoms with Crippen molar-refractivity contribution in [3.05, 3.63) is 94.8 Å². The van der Waals surface area contributed by atoms with Crippen molar-refractivity contribution in [2.45, 2.75) is 38.8 Å². The van der Waals surface area contributed by atoms with Gasteiger partial charge in [-0.05, 0) is 72.3 Å². The first-order valence-corrected chi connectivity index (χ1v) is 11.0. The highest BCUT2D eigenvalue weighted by molar-refractivity contribution is 5.94. The maximum Gasteiger partial charge on any atom is 0.251 e. The third kappa shape index (κ3) is 6.15. The Morgan fingerprint density at radius 3 is 2.87 bits per heavy atom. The molecule has 1 amide bonds. The van der Waals surface area contributed by atoms with Crippen molar-refractivity contribution in [2.24, 2.45) is 0 Å². The van der Waals surface area contributed by atoms with Crippen LogP contribution >= 0.6 is 0 Å². The second kappa shape index (κ2) is 10.7. The van der Waals surface area contributed by atoms with Crippen LogP contribution in [0.25, 0.3) is 0 Å². The maximum atomic E-state index is 12.8. The lowest BCUT2D eigenvalue weighted by atomic mass is 9.99. The number of pyridine rings is 1. The van der Waals surface area contributed by atoms with Crippen molar-refractivity contribution >= 4 is 5.91 Å². The van der Waals surface area contributed by atoms with Crippen LogP contribution in [0.5, 0.6) is 5.75 Å². The summed E-state index contributed by atoms with van der Waals surface area (Å²) < 4.78 is 6.11. The van der Waals surface area contributed by atoms with Gasteiger partial charge in [-0.1, -0.05) is 30.3 Å². The van der Waals surface area contributed by atoms with Crippen LogP contribution in [0.15, 0.2) is 67.0 Å². The van der Waals surface area contributed by atoms with Crippen LogP contribution in [0, 0.1) is 0 Å². The standard InChI is InChI=1S/C26H29N3O2/c30-26(29-19-22-8-5-12-28-18-22)23-9-10-25-24(16-23)15-20-6-4-7-21(14-20)17-27-11-2-1-3-13-31-25/h4-10,12,14,16,18,27H,1-3,11,13,15,17,19H2,(H,29,30). The molecule has 5 nitrogen and oxygen atoms in total. The molecule has 2 heterocycles. The summed E-state index contributed by atoms with van der Waals surface area (Å²) >= 11 is 0. The molecule has 0 spiro atoms. The molecule has 1 aromatic heterocycles. The van der Waals surface area contributed by atoms with E-state index < -0.39 is 0 Å². The molecule has 2 bridgehead atoms. The highest BCUT2D eigenvalue weighted by Crippen LogP contribution is 2.25. The van der Waals surface area contributed by atoms with Gasteiger partial charge < -0.3 is 15.4 Å². The zero-order valence-electron chi connectivity index (χ0n) is 17.8. The third-order valence-electron chi connectivity index (χ3n) is 5.47. The number of aromatic nitrogens is 1. The van der Waals surface area contributed by atoms with Crippen LogP contribution in [0.1, 0.15) is 51.9 Å². The van der Waals surface area contributed by atoms with E-state index in [0.717, 1.165) is 55.6 Å². The van der Waals surface area contributed by atoms with Gasteiger partial charge in [-0.2, -0.15) is 0 Å². The smallest absolute Gasteiger partial charge is 0.251 e. The lowest BCUT2D eigenvalue weighted by Gasteiger charge is -2.15. The molecular weight excluding hydrogens is 386 g/mol. The highest BCUT2D eigenvalue weighted by atomic mass is 16.5. The molecule has 3 aromatic rings. The summed E-state index contributed by atoms with van der Waals surface area (Å²) in [5, 5.41) is 6.50. The largest absolute Gasteiger partial charge is 0.493 e. The molecule has 0 saturated heterocycles. The molecule has 0 atom stereocenters. The topological polar surface area (TPSA) is 63.2 Å². The first kappa shape index (κ1) is 21.1. The van der Waals surface area contributed by atoms with Gasteiger partial charge in [0.1, 0.15) is 5.75 Å². The minimum Gasteiger partial charge on any atom is -0.493 e. The fourth-order valence-corrected chi connectivity index (χ4v) is 3.80. The summed E-state index contributed by atoms with van der Waals surface area (Å²) in [4.78, 5) is 16.9. The number of ether oxygens (including phenoxy) is 1. The monoisotopic (exact) mass is 415 g/mol. The van der Waals surface area contributed by atoms with Gasteiger partial charge in [0.2, 0.25) is 0 Å². The quantitative estimate of drug-likeness (QED) is 0.671. The molecule has 1 aliphatic heterocycles. The summed E-state index contributed by atoms with van der Waals surface area (Å²) in [5.41, 5.74) is 5.15. The molecule has 2 aromatic carbocycles. The van der Waals surface area contributed by atoms with Crippen LogP contribution in [0.2, 0.25) is 0 Å².